The molecule has 14 heavy (non-hydrogen) atoms. The summed E-state index contributed by atoms with van der Waals surface area (Å²) < 4.78 is 0. The number of halogens is 1. The van der Waals surface area contributed by atoms with Crippen LogP contribution in [0.5, 0.6) is 0 Å². The van der Waals surface area contributed by atoms with Crippen molar-refractivity contribution >= 4 is 11.6 Å². The fraction of sp³-hybridized carbons (Fsp3) is 0.500. The van der Waals surface area contributed by atoms with Gasteiger partial charge in [0, 0.05) is 5.02 Å². The second kappa shape index (κ2) is 3.92. The van der Waals surface area contributed by atoms with Gasteiger partial charge in [-0.25, -0.2) is 0 Å². The molecule has 0 aliphatic heterocycles. The molecule has 0 amide bonds. The van der Waals surface area contributed by atoms with E-state index in [2.05, 4.69) is 6.92 Å². The largest absolute Gasteiger partial charge is 0.388 e. The highest BCUT2D eigenvalue weighted by Crippen LogP contribution is 2.49. The maximum absolute atomic E-state index is 10.0. The van der Waals surface area contributed by atoms with Gasteiger partial charge >= 0.3 is 0 Å². The average Bonchev–Trinajstić information content (AvgIpc) is 2.95. The van der Waals surface area contributed by atoms with Gasteiger partial charge in [-0.15, -0.1) is 0 Å². The van der Waals surface area contributed by atoms with Gasteiger partial charge < -0.3 is 5.11 Å². The second-order valence-electron chi connectivity index (χ2n) is 4.07. The van der Waals surface area contributed by atoms with E-state index in [0.717, 1.165) is 12.0 Å². The summed E-state index contributed by atoms with van der Waals surface area (Å²) in [7, 11) is 0. The summed E-state index contributed by atoms with van der Waals surface area (Å²) in [6, 6.07) is 7.53. The quantitative estimate of drug-likeness (QED) is 0.811. The number of hydrogen-bond acceptors (Lipinski definition) is 1. The molecule has 1 saturated carbocycles. The molecule has 2 heteroatoms. The van der Waals surface area contributed by atoms with Crippen molar-refractivity contribution in [2.75, 3.05) is 0 Å². The van der Waals surface area contributed by atoms with Gasteiger partial charge in [-0.1, -0.05) is 37.1 Å². The van der Waals surface area contributed by atoms with Crippen molar-refractivity contribution < 1.29 is 5.11 Å². The molecule has 2 rings (SSSR count). The van der Waals surface area contributed by atoms with Crippen molar-refractivity contribution in [1.82, 2.24) is 0 Å². The molecule has 0 heterocycles. The zero-order chi connectivity index (χ0) is 10.1. The zero-order valence-electron chi connectivity index (χ0n) is 8.28. The molecule has 0 bridgehead atoms. The molecule has 0 spiro atoms. The number of aliphatic hydroxyl groups is 1. The molecule has 1 N–H and O–H groups in total. The van der Waals surface area contributed by atoms with Crippen LogP contribution < -0.4 is 0 Å². The normalized spacial score (nSPS) is 27.4. The Morgan fingerprint density at radius 1 is 1.57 bits per heavy atom. The standard InChI is InChI=1S/C12H15ClO/c1-2-8-7-11(8)12(14)9-4-3-5-10(13)6-9/h3-6,8,11-12,14H,2,7H2,1H3. The Hall–Kier alpha value is -0.530. The van der Waals surface area contributed by atoms with E-state index in [1.165, 1.54) is 6.42 Å². The Morgan fingerprint density at radius 3 is 2.93 bits per heavy atom. The summed E-state index contributed by atoms with van der Waals surface area (Å²) in [5.41, 5.74) is 0.957. The minimum Gasteiger partial charge on any atom is -0.388 e. The lowest BCUT2D eigenvalue weighted by Crippen LogP contribution is -2.01. The van der Waals surface area contributed by atoms with Crippen molar-refractivity contribution in [1.29, 1.82) is 0 Å². The molecule has 0 radical (unpaired) electrons. The van der Waals surface area contributed by atoms with Crippen molar-refractivity contribution in [3.63, 3.8) is 0 Å². The van der Waals surface area contributed by atoms with Crippen LogP contribution in [0.2, 0.25) is 5.02 Å². The first kappa shape index (κ1) is 10.0. The van der Waals surface area contributed by atoms with Crippen LogP contribution in [0.25, 0.3) is 0 Å². The molecule has 0 saturated heterocycles. The Bertz CT molecular complexity index is 324. The Balaban J connectivity index is 2.08. The molecule has 1 aliphatic carbocycles. The van der Waals surface area contributed by atoms with Crippen LogP contribution in [-0.4, -0.2) is 5.11 Å². The minimum atomic E-state index is -0.321. The predicted octanol–water partition coefficient (Wildman–Crippen LogP) is 3.42. The van der Waals surface area contributed by atoms with Crippen LogP contribution in [0.3, 0.4) is 0 Å². The predicted molar refractivity (Wildman–Crippen MR) is 58.3 cm³/mol. The summed E-state index contributed by atoms with van der Waals surface area (Å²) in [6.45, 7) is 2.18. The fourth-order valence-corrected chi connectivity index (χ4v) is 2.26. The molecule has 1 fully saturated rings. The van der Waals surface area contributed by atoms with E-state index in [1.54, 1.807) is 0 Å². The molecule has 1 aromatic rings. The molecule has 0 aromatic heterocycles. The van der Waals surface area contributed by atoms with Gasteiger partial charge in [-0.05, 0) is 36.0 Å². The van der Waals surface area contributed by atoms with Crippen molar-refractivity contribution in [2.45, 2.75) is 25.9 Å². The van der Waals surface area contributed by atoms with Crippen LogP contribution >= 0.6 is 11.6 Å². The van der Waals surface area contributed by atoms with Crippen molar-refractivity contribution in [2.24, 2.45) is 11.8 Å². The third kappa shape index (κ3) is 1.94. The maximum Gasteiger partial charge on any atom is 0.0821 e. The molecule has 76 valence electrons. The van der Waals surface area contributed by atoms with E-state index in [0.29, 0.717) is 16.9 Å². The van der Waals surface area contributed by atoms with Crippen LogP contribution in [-0.2, 0) is 0 Å². The van der Waals surface area contributed by atoms with Gasteiger partial charge in [0.25, 0.3) is 0 Å². The first-order chi connectivity index (χ1) is 6.72. The van der Waals surface area contributed by atoms with Crippen molar-refractivity contribution in [3.8, 4) is 0 Å². The number of benzene rings is 1. The number of hydrogen-bond donors (Lipinski definition) is 1. The van der Waals surface area contributed by atoms with Gasteiger partial charge in [-0.2, -0.15) is 0 Å². The van der Waals surface area contributed by atoms with E-state index >= 15 is 0 Å². The van der Waals surface area contributed by atoms with Crippen LogP contribution in [0.4, 0.5) is 0 Å². The highest BCUT2D eigenvalue weighted by Gasteiger charge is 2.41. The van der Waals surface area contributed by atoms with Gasteiger partial charge in [0.1, 0.15) is 0 Å². The molecule has 3 atom stereocenters. The maximum atomic E-state index is 10.0. The van der Waals surface area contributed by atoms with Crippen molar-refractivity contribution in [3.05, 3.63) is 34.9 Å². The first-order valence-electron chi connectivity index (χ1n) is 5.16. The minimum absolute atomic E-state index is 0.321. The Labute approximate surface area is 89.7 Å². The fourth-order valence-electron chi connectivity index (χ4n) is 2.06. The highest BCUT2D eigenvalue weighted by atomic mass is 35.5. The molecule has 1 aromatic carbocycles. The topological polar surface area (TPSA) is 20.2 Å². The molecular formula is C12H15ClO. The Kier molecular flexibility index (Phi) is 2.80. The first-order valence-corrected chi connectivity index (χ1v) is 5.53. The lowest BCUT2D eigenvalue weighted by Gasteiger charge is -2.10. The van der Waals surface area contributed by atoms with E-state index in [4.69, 9.17) is 11.6 Å². The van der Waals surface area contributed by atoms with E-state index in [-0.39, 0.29) is 6.10 Å². The van der Waals surface area contributed by atoms with Crippen LogP contribution in [0.1, 0.15) is 31.4 Å². The van der Waals surface area contributed by atoms with Gasteiger partial charge in [0.15, 0.2) is 0 Å². The summed E-state index contributed by atoms with van der Waals surface area (Å²) in [5.74, 6) is 1.17. The van der Waals surface area contributed by atoms with E-state index in [9.17, 15) is 5.11 Å². The van der Waals surface area contributed by atoms with Gasteiger partial charge in [0.2, 0.25) is 0 Å². The van der Waals surface area contributed by atoms with Gasteiger partial charge in [0.05, 0.1) is 6.10 Å². The zero-order valence-corrected chi connectivity index (χ0v) is 9.04. The second-order valence-corrected chi connectivity index (χ2v) is 4.50. The smallest absolute Gasteiger partial charge is 0.0821 e. The summed E-state index contributed by atoms with van der Waals surface area (Å²) >= 11 is 5.87. The van der Waals surface area contributed by atoms with E-state index < -0.39 is 0 Å². The monoisotopic (exact) mass is 210 g/mol. The van der Waals surface area contributed by atoms with Crippen LogP contribution in [0.15, 0.2) is 24.3 Å². The molecule has 1 aliphatic rings. The average molecular weight is 211 g/mol. The molecule has 1 nitrogen and oxygen atoms in total. The van der Waals surface area contributed by atoms with Crippen LogP contribution in [0, 0.1) is 11.8 Å². The summed E-state index contributed by atoms with van der Waals surface area (Å²) in [4.78, 5) is 0. The number of aliphatic hydroxyl groups excluding tert-OH is 1. The third-order valence-electron chi connectivity index (χ3n) is 3.10. The molecular weight excluding hydrogens is 196 g/mol. The summed E-state index contributed by atoms with van der Waals surface area (Å²) in [5, 5.41) is 10.7. The van der Waals surface area contributed by atoms with E-state index in [1.807, 2.05) is 24.3 Å². The SMILES string of the molecule is CCC1CC1C(O)c1cccc(Cl)c1. The lowest BCUT2D eigenvalue weighted by molar-refractivity contribution is 0.146. The van der Waals surface area contributed by atoms with Gasteiger partial charge in [-0.3, -0.25) is 0 Å². The summed E-state index contributed by atoms with van der Waals surface area (Å²) in [6.07, 6.45) is 2.01. The lowest BCUT2D eigenvalue weighted by atomic mass is 10.0. The molecule has 3 unspecified atom stereocenters. The number of rotatable bonds is 3. The third-order valence-corrected chi connectivity index (χ3v) is 3.33. The highest BCUT2D eigenvalue weighted by molar-refractivity contribution is 6.30. The Morgan fingerprint density at radius 2 is 2.36 bits per heavy atom.